The van der Waals surface area contributed by atoms with Gasteiger partial charge in [0.25, 0.3) is 0 Å². The highest BCUT2D eigenvalue weighted by Crippen LogP contribution is 2.03. The standard InChI is InChI=1S/C13H18N4/c14-9-8-13-11-17(16-15-13)10-4-7-12-5-2-1-3-6-12/h1-3,5-6,11H,4,7-10,14H2. The Morgan fingerprint density at radius 1 is 1.12 bits per heavy atom. The van der Waals surface area contributed by atoms with Gasteiger partial charge in [0, 0.05) is 19.2 Å². The first kappa shape index (κ1) is 11.8. The first-order chi connectivity index (χ1) is 8.38. The molecule has 0 aliphatic rings. The maximum absolute atomic E-state index is 5.47. The molecule has 2 N–H and O–H groups in total. The third kappa shape index (κ3) is 3.67. The molecule has 0 unspecified atom stereocenters. The number of hydrogen-bond donors (Lipinski definition) is 1. The van der Waals surface area contributed by atoms with Gasteiger partial charge in [0.1, 0.15) is 0 Å². The minimum atomic E-state index is 0.628. The summed E-state index contributed by atoms with van der Waals surface area (Å²) in [4.78, 5) is 0. The largest absolute Gasteiger partial charge is 0.330 e. The lowest BCUT2D eigenvalue weighted by Gasteiger charge is -2.01. The van der Waals surface area contributed by atoms with E-state index in [1.165, 1.54) is 5.56 Å². The molecule has 17 heavy (non-hydrogen) atoms. The fourth-order valence-electron chi connectivity index (χ4n) is 1.80. The van der Waals surface area contributed by atoms with Crippen molar-refractivity contribution in [1.82, 2.24) is 15.0 Å². The molecular formula is C13H18N4. The second kappa shape index (κ2) is 6.15. The second-order valence-corrected chi connectivity index (χ2v) is 4.10. The van der Waals surface area contributed by atoms with E-state index < -0.39 is 0 Å². The van der Waals surface area contributed by atoms with Gasteiger partial charge in [-0.3, -0.25) is 4.68 Å². The predicted molar refractivity (Wildman–Crippen MR) is 67.5 cm³/mol. The molecule has 4 nitrogen and oxygen atoms in total. The topological polar surface area (TPSA) is 56.7 Å². The molecule has 1 aromatic heterocycles. The maximum Gasteiger partial charge on any atom is 0.0839 e. The average Bonchev–Trinajstić information content (AvgIpc) is 2.79. The number of nitrogens with zero attached hydrogens (tertiary/aromatic N) is 3. The zero-order valence-electron chi connectivity index (χ0n) is 9.92. The van der Waals surface area contributed by atoms with E-state index in [-0.39, 0.29) is 0 Å². The van der Waals surface area contributed by atoms with Crippen molar-refractivity contribution in [3.05, 3.63) is 47.8 Å². The fourth-order valence-corrected chi connectivity index (χ4v) is 1.80. The number of hydrogen-bond acceptors (Lipinski definition) is 3. The van der Waals surface area contributed by atoms with Crippen molar-refractivity contribution in [2.24, 2.45) is 5.73 Å². The SMILES string of the molecule is NCCc1cn(CCCc2ccccc2)nn1. The van der Waals surface area contributed by atoms with E-state index in [9.17, 15) is 0 Å². The summed E-state index contributed by atoms with van der Waals surface area (Å²) in [6.07, 6.45) is 4.94. The van der Waals surface area contributed by atoms with E-state index in [4.69, 9.17) is 5.73 Å². The Hall–Kier alpha value is -1.68. The first-order valence-corrected chi connectivity index (χ1v) is 6.01. The monoisotopic (exact) mass is 230 g/mol. The Morgan fingerprint density at radius 2 is 1.94 bits per heavy atom. The van der Waals surface area contributed by atoms with E-state index in [2.05, 4.69) is 34.6 Å². The predicted octanol–water partition coefficient (Wildman–Crippen LogP) is 1.41. The van der Waals surface area contributed by atoms with Gasteiger partial charge in [0.15, 0.2) is 0 Å². The Balaban J connectivity index is 1.78. The third-order valence-electron chi connectivity index (χ3n) is 2.68. The number of aromatic nitrogens is 3. The highest BCUT2D eigenvalue weighted by Gasteiger charge is 1.99. The lowest BCUT2D eigenvalue weighted by molar-refractivity contribution is 0.558. The van der Waals surface area contributed by atoms with Crippen molar-refractivity contribution in [3.63, 3.8) is 0 Å². The highest BCUT2D eigenvalue weighted by atomic mass is 15.4. The van der Waals surface area contributed by atoms with Crippen LogP contribution in [0.2, 0.25) is 0 Å². The summed E-state index contributed by atoms with van der Waals surface area (Å²) in [6.45, 7) is 1.54. The third-order valence-corrected chi connectivity index (χ3v) is 2.68. The normalized spacial score (nSPS) is 10.6. The molecule has 0 aliphatic heterocycles. The summed E-state index contributed by atoms with van der Waals surface area (Å²) in [7, 11) is 0. The van der Waals surface area contributed by atoms with Gasteiger partial charge in [-0.05, 0) is 24.9 Å². The number of benzene rings is 1. The van der Waals surface area contributed by atoms with Crippen LogP contribution >= 0.6 is 0 Å². The van der Waals surface area contributed by atoms with E-state index >= 15 is 0 Å². The smallest absolute Gasteiger partial charge is 0.0839 e. The van der Waals surface area contributed by atoms with Crippen LogP contribution in [0.5, 0.6) is 0 Å². The van der Waals surface area contributed by atoms with Crippen LogP contribution in [0.15, 0.2) is 36.5 Å². The molecule has 0 bridgehead atoms. The van der Waals surface area contributed by atoms with Gasteiger partial charge in [0.2, 0.25) is 0 Å². The van der Waals surface area contributed by atoms with E-state index in [1.54, 1.807) is 0 Å². The molecule has 90 valence electrons. The van der Waals surface area contributed by atoms with Crippen LogP contribution in [0.4, 0.5) is 0 Å². The van der Waals surface area contributed by atoms with E-state index in [0.29, 0.717) is 6.54 Å². The Kier molecular flexibility index (Phi) is 4.27. The molecule has 0 spiro atoms. The van der Waals surface area contributed by atoms with Crippen molar-refractivity contribution >= 4 is 0 Å². The van der Waals surface area contributed by atoms with Gasteiger partial charge < -0.3 is 5.73 Å². The second-order valence-electron chi connectivity index (χ2n) is 4.10. The molecule has 2 aromatic rings. The summed E-state index contributed by atoms with van der Waals surface area (Å²) < 4.78 is 1.90. The number of nitrogens with two attached hydrogens (primary N) is 1. The lowest BCUT2D eigenvalue weighted by Crippen LogP contribution is -2.02. The van der Waals surface area contributed by atoms with Crippen LogP contribution in [0, 0.1) is 0 Å². The van der Waals surface area contributed by atoms with E-state index in [1.807, 2.05) is 16.9 Å². The molecule has 0 aliphatic carbocycles. The number of aryl methyl sites for hydroxylation is 2. The minimum absolute atomic E-state index is 0.628. The van der Waals surface area contributed by atoms with Crippen LogP contribution in [0.1, 0.15) is 17.7 Å². The van der Waals surface area contributed by atoms with Crippen molar-refractivity contribution < 1.29 is 0 Å². The minimum Gasteiger partial charge on any atom is -0.330 e. The number of rotatable bonds is 6. The van der Waals surface area contributed by atoms with Crippen molar-refractivity contribution in [2.75, 3.05) is 6.54 Å². The first-order valence-electron chi connectivity index (χ1n) is 6.01. The quantitative estimate of drug-likeness (QED) is 0.816. The molecule has 0 radical (unpaired) electrons. The molecule has 0 fully saturated rings. The molecule has 0 saturated carbocycles. The summed E-state index contributed by atoms with van der Waals surface area (Å²) in [5, 5.41) is 8.14. The molecular weight excluding hydrogens is 212 g/mol. The molecule has 0 saturated heterocycles. The summed E-state index contributed by atoms with van der Waals surface area (Å²) in [5.74, 6) is 0. The van der Waals surface area contributed by atoms with Gasteiger partial charge in [-0.2, -0.15) is 0 Å². The highest BCUT2D eigenvalue weighted by molar-refractivity contribution is 5.14. The molecule has 0 amide bonds. The zero-order chi connectivity index (χ0) is 11.9. The molecule has 4 heteroatoms. The Bertz CT molecular complexity index is 436. The van der Waals surface area contributed by atoms with Crippen LogP contribution in [-0.2, 0) is 19.4 Å². The van der Waals surface area contributed by atoms with Crippen molar-refractivity contribution in [3.8, 4) is 0 Å². The molecule has 1 aromatic carbocycles. The Morgan fingerprint density at radius 3 is 2.71 bits per heavy atom. The fraction of sp³-hybridized carbons (Fsp3) is 0.385. The lowest BCUT2D eigenvalue weighted by atomic mass is 10.1. The summed E-state index contributed by atoms with van der Waals surface area (Å²) in [6, 6.07) is 10.5. The average molecular weight is 230 g/mol. The van der Waals surface area contributed by atoms with Gasteiger partial charge in [0.05, 0.1) is 5.69 Å². The van der Waals surface area contributed by atoms with Crippen LogP contribution in [0.25, 0.3) is 0 Å². The van der Waals surface area contributed by atoms with Gasteiger partial charge in [-0.1, -0.05) is 35.5 Å². The zero-order valence-corrected chi connectivity index (χ0v) is 9.92. The molecule has 2 rings (SSSR count). The summed E-state index contributed by atoms with van der Waals surface area (Å²) in [5.41, 5.74) is 7.82. The van der Waals surface area contributed by atoms with Crippen LogP contribution < -0.4 is 5.73 Å². The van der Waals surface area contributed by atoms with E-state index in [0.717, 1.165) is 31.5 Å². The molecule has 1 heterocycles. The maximum atomic E-state index is 5.47. The Labute approximate surface area is 101 Å². The van der Waals surface area contributed by atoms with Crippen LogP contribution in [-0.4, -0.2) is 21.5 Å². The van der Waals surface area contributed by atoms with Crippen molar-refractivity contribution in [1.29, 1.82) is 0 Å². The van der Waals surface area contributed by atoms with Gasteiger partial charge >= 0.3 is 0 Å². The van der Waals surface area contributed by atoms with Gasteiger partial charge in [-0.15, -0.1) is 5.10 Å². The van der Waals surface area contributed by atoms with Crippen LogP contribution in [0.3, 0.4) is 0 Å². The van der Waals surface area contributed by atoms with Crippen molar-refractivity contribution in [2.45, 2.75) is 25.8 Å². The van der Waals surface area contributed by atoms with Gasteiger partial charge in [-0.25, -0.2) is 0 Å². The summed E-state index contributed by atoms with van der Waals surface area (Å²) >= 11 is 0. The molecule has 0 atom stereocenters.